The van der Waals surface area contributed by atoms with Crippen molar-refractivity contribution in [1.82, 2.24) is 5.32 Å². The number of aromatic hydroxyl groups is 1. The van der Waals surface area contributed by atoms with Gasteiger partial charge in [0.05, 0.1) is 5.56 Å². The summed E-state index contributed by atoms with van der Waals surface area (Å²) in [5.74, 6) is -0.283. The molecule has 5 heteroatoms. The van der Waals surface area contributed by atoms with Crippen LogP contribution in [0, 0.1) is 0 Å². The first kappa shape index (κ1) is 11.3. The maximum atomic E-state index is 12.4. The predicted octanol–water partition coefficient (Wildman–Crippen LogP) is 2.84. The van der Waals surface area contributed by atoms with Crippen LogP contribution >= 0.6 is 0 Å². The molecule has 0 saturated carbocycles. The molecule has 1 fully saturated rings. The Labute approximate surface area is 91.1 Å². The van der Waals surface area contributed by atoms with Gasteiger partial charge in [0.2, 0.25) is 0 Å². The van der Waals surface area contributed by atoms with Gasteiger partial charge in [-0.05, 0) is 31.5 Å². The highest BCUT2D eigenvalue weighted by Crippen LogP contribution is 2.36. The van der Waals surface area contributed by atoms with E-state index in [-0.39, 0.29) is 11.8 Å². The van der Waals surface area contributed by atoms with Gasteiger partial charge in [-0.3, -0.25) is 0 Å². The number of nitrogens with one attached hydrogen (secondary N) is 1. The molecule has 16 heavy (non-hydrogen) atoms. The summed E-state index contributed by atoms with van der Waals surface area (Å²) in [6.45, 7) is 0.838. The van der Waals surface area contributed by atoms with Gasteiger partial charge >= 0.3 is 6.18 Å². The van der Waals surface area contributed by atoms with E-state index in [1.165, 1.54) is 6.07 Å². The Hall–Kier alpha value is -1.23. The van der Waals surface area contributed by atoms with E-state index in [0.717, 1.165) is 31.5 Å². The van der Waals surface area contributed by atoms with E-state index in [2.05, 4.69) is 5.32 Å². The van der Waals surface area contributed by atoms with Gasteiger partial charge in [-0.2, -0.15) is 13.2 Å². The molecule has 1 aromatic rings. The monoisotopic (exact) mass is 231 g/mol. The maximum absolute atomic E-state index is 12.4. The fraction of sp³-hybridized carbons (Fsp3) is 0.455. The average Bonchev–Trinajstić information content (AvgIpc) is 2.69. The lowest BCUT2D eigenvalue weighted by Gasteiger charge is -2.14. The summed E-state index contributed by atoms with van der Waals surface area (Å²) in [5.41, 5.74) is -0.266. The van der Waals surface area contributed by atoms with Crippen molar-refractivity contribution >= 4 is 0 Å². The first-order valence-corrected chi connectivity index (χ1v) is 5.12. The van der Waals surface area contributed by atoms with E-state index in [9.17, 15) is 18.3 Å². The third kappa shape index (κ3) is 2.14. The molecule has 1 aromatic carbocycles. The Morgan fingerprint density at radius 1 is 1.31 bits per heavy atom. The number of phenolic OH excluding ortho intramolecular Hbond substituents is 1. The number of benzene rings is 1. The third-order valence-corrected chi connectivity index (χ3v) is 2.79. The largest absolute Gasteiger partial charge is 0.508 e. The van der Waals surface area contributed by atoms with E-state index < -0.39 is 11.7 Å². The highest BCUT2D eigenvalue weighted by molar-refractivity contribution is 5.39. The van der Waals surface area contributed by atoms with Crippen LogP contribution in [-0.4, -0.2) is 11.7 Å². The van der Waals surface area contributed by atoms with Crippen molar-refractivity contribution in [2.45, 2.75) is 25.1 Å². The van der Waals surface area contributed by atoms with Crippen LogP contribution in [0.2, 0.25) is 0 Å². The fourth-order valence-electron chi connectivity index (χ4n) is 1.96. The Bertz CT molecular complexity index is 383. The number of hydrogen-bond donors (Lipinski definition) is 2. The van der Waals surface area contributed by atoms with Crippen LogP contribution in [0.3, 0.4) is 0 Å². The normalized spacial score (nSPS) is 21.3. The van der Waals surface area contributed by atoms with Gasteiger partial charge in [-0.1, -0.05) is 6.07 Å². The second kappa shape index (κ2) is 3.97. The molecule has 0 spiro atoms. The van der Waals surface area contributed by atoms with Gasteiger partial charge in [-0.15, -0.1) is 0 Å². The molecule has 88 valence electrons. The smallest absolute Gasteiger partial charge is 0.416 e. The summed E-state index contributed by atoms with van der Waals surface area (Å²) < 4.78 is 37.1. The fourth-order valence-corrected chi connectivity index (χ4v) is 1.96. The molecule has 1 aliphatic heterocycles. The lowest BCUT2D eigenvalue weighted by atomic mass is 10.0. The van der Waals surface area contributed by atoms with E-state index in [4.69, 9.17) is 0 Å². The van der Waals surface area contributed by atoms with Crippen molar-refractivity contribution in [3.8, 4) is 5.75 Å². The molecule has 0 bridgehead atoms. The second-order valence-corrected chi connectivity index (χ2v) is 3.92. The van der Waals surface area contributed by atoms with Gasteiger partial charge < -0.3 is 10.4 Å². The molecule has 1 unspecified atom stereocenters. The number of rotatable bonds is 1. The first-order valence-electron chi connectivity index (χ1n) is 5.12. The van der Waals surface area contributed by atoms with Crippen LogP contribution in [0.1, 0.15) is 30.0 Å². The van der Waals surface area contributed by atoms with Crippen molar-refractivity contribution in [2.75, 3.05) is 6.54 Å². The SMILES string of the molecule is Oc1cc(C(F)(F)F)ccc1C1CCCN1. The Kier molecular flexibility index (Phi) is 2.80. The molecular weight excluding hydrogens is 219 g/mol. The molecular formula is C11H12F3NO. The molecule has 2 N–H and O–H groups in total. The second-order valence-electron chi connectivity index (χ2n) is 3.92. The van der Waals surface area contributed by atoms with E-state index in [1.807, 2.05) is 0 Å². The van der Waals surface area contributed by atoms with Crippen LogP contribution < -0.4 is 5.32 Å². The van der Waals surface area contributed by atoms with Crippen LogP contribution in [0.15, 0.2) is 18.2 Å². The number of hydrogen-bond acceptors (Lipinski definition) is 2. The standard InChI is InChI=1S/C11H12F3NO/c12-11(13,14)7-3-4-8(10(16)6-7)9-2-1-5-15-9/h3-4,6,9,15-16H,1-2,5H2. The maximum Gasteiger partial charge on any atom is 0.416 e. The van der Waals surface area contributed by atoms with Crippen molar-refractivity contribution in [3.63, 3.8) is 0 Å². The lowest BCUT2D eigenvalue weighted by molar-refractivity contribution is -0.137. The summed E-state index contributed by atoms with van der Waals surface area (Å²) in [6.07, 6.45) is -2.58. The molecule has 2 rings (SSSR count). The molecule has 0 radical (unpaired) electrons. The Balaban J connectivity index is 2.29. The Morgan fingerprint density at radius 2 is 2.06 bits per heavy atom. The third-order valence-electron chi connectivity index (χ3n) is 2.79. The highest BCUT2D eigenvalue weighted by atomic mass is 19.4. The van der Waals surface area contributed by atoms with Gasteiger partial charge in [-0.25, -0.2) is 0 Å². The summed E-state index contributed by atoms with van der Waals surface area (Å²) in [7, 11) is 0. The summed E-state index contributed by atoms with van der Waals surface area (Å²) in [5, 5.41) is 12.7. The van der Waals surface area contributed by atoms with E-state index in [0.29, 0.717) is 5.56 Å². The number of phenols is 1. The molecule has 0 aromatic heterocycles. The van der Waals surface area contributed by atoms with Gasteiger partial charge in [0.1, 0.15) is 5.75 Å². The molecule has 1 saturated heterocycles. The summed E-state index contributed by atoms with van der Waals surface area (Å²) >= 11 is 0. The minimum atomic E-state index is -4.40. The number of halogens is 3. The van der Waals surface area contributed by atoms with E-state index >= 15 is 0 Å². The molecule has 1 aliphatic rings. The average molecular weight is 231 g/mol. The number of alkyl halides is 3. The summed E-state index contributed by atoms with van der Waals surface area (Å²) in [4.78, 5) is 0. The zero-order valence-electron chi connectivity index (χ0n) is 8.51. The molecule has 1 atom stereocenters. The van der Waals surface area contributed by atoms with Gasteiger partial charge in [0.15, 0.2) is 0 Å². The van der Waals surface area contributed by atoms with Crippen LogP contribution in [0.5, 0.6) is 5.75 Å². The summed E-state index contributed by atoms with van der Waals surface area (Å²) in [6, 6.07) is 3.12. The van der Waals surface area contributed by atoms with Crippen molar-refractivity contribution in [1.29, 1.82) is 0 Å². The molecule has 0 amide bonds. The zero-order chi connectivity index (χ0) is 11.8. The highest BCUT2D eigenvalue weighted by Gasteiger charge is 2.31. The van der Waals surface area contributed by atoms with Crippen molar-refractivity contribution in [3.05, 3.63) is 29.3 Å². The topological polar surface area (TPSA) is 32.3 Å². The Morgan fingerprint density at radius 3 is 2.56 bits per heavy atom. The van der Waals surface area contributed by atoms with Crippen LogP contribution in [0.4, 0.5) is 13.2 Å². The molecule has 1 heterocycles. The predicted molar refractivity (Wildman–Crippen MR) is 53.1 cm³/mol. The minimum absolute atomic E-state index is 0.0257. The molecule has 0 aliphatic carbocycles. The zero-order valence-corrected chi connectivity index (χ0v) is 8.51. The van der Waals surface area contributed by atoms with Gasteiger partial charge in [0.25, 0.3) is 0 Å². The first-order chi connectivity index (χ1) is 7.48. The quantitative estimate of drug-likeness (QED) is 0.779. The van der Waals surface area contributed by atoms with Crippen molar-refractivity contribution in [2.24, 2.45) is 0 Å². The van der Waals surface area contributed by atoms with Crippen molar-refractivity contribution < 1.29 is 18.3 Å². The van der Waals surface area contributed by atoms with Crippen LogP contribution in [0.25, 0.3) is 0 Å². The lowest BCUT2D eigenvalue weighted by Crippen LogP contribution is -2.13. The van der Waals surface area contributed by atoms with E-state index in [1.54, 1.807) is 0 Å². The minimum Gasteiger partial charge on any atom is -0.508 e. The molecule has 2 nitrogen and oxygen atoms in total. The van der Waals surface area contributed by atoms with Gasteiger partial charge in [0, 0.05) is 11.6 Å². The van der Waals surface area contributed by atoms with Crippen LogP contribution in [-0.2, 0) is 6.18 Å².